The molecule has 0 aliphatic carbocycles. The molecule has 5 rings (SSSR count). The fraction of sp³-hybridized carbons (Fsp3) is 0.250. The molecule has 2 heterocycles. The van der Waals surface area contributed by atoms with Crippen molar-refractivity contribution in [3.05, 3.63) is 119 Å². The van der Waals surface area contributed by atoms with Gasteiger partial charge in [-0.05, 0) is 66.3 Å². The number of para-hydroxylation sites is 1. The van der Waals surface area contributed by atoms with Gasteiger partial charge in [0.1, 0.15) is 48.9 Å². The number of aromatic nitrogens is 2. The van der Waals surface area contributed by atoms with E-state index in [1.54, 1.807) is 18.2 Å². The van der Waals surface area contributed by atoms with E-state index in [1.165, 1.54) is 47.8 Å². The second-order valence-electron chi connectivity index (χ2n) is 11.5. The summed E-state index contributed by atoms with van der Waals surface area (Å²) in [4.78, 5) is 39.9. The van der Waals surface area contributed by atoms with Crippen LogP contribution in [0.3, 0.4) is 0 Å². The van der Waals surface area contributed by atoms with Crippen LogP contribution in [0.2, 0.25) is 0 Å². The molecule has 1 atom stereocenters. The summed E-state index contributed by atoms with van der Waals surface area (Å²) >= 11 is 0. The molecule has 1 amide bonds. The topological polar surface area (TPSA) is 122 Å². The lowest BCUT2D eigenvalue weighted by atomic mass is 9.83. The number of carbonyl (C=O) groups is 3. The summed E-state index contributed by atoms with van der Waals surface area (Å²) < 4.78 is 48.8. The van der Waals surface area contributed by atoms with Gasteiger partial charge in [-0.1, -0.05) is 39.3 Å². The van der Waals surface area contributed by atoms with E-state index in [9.17, 15) is 18.7 Å². The van der Waals surface area contributed by atoms with Gasteiger partial charge in [0.25, 0.3) is 5.91 Å². The molecule has 1 aliphatic heterocycles. The van der Waals surface area contributed by atoms with Crippen LogP contribution in [0.5, 0.6) is 11.5 Å². The molecule has 0 fully saturated rings. The van der Waals surface area contributed by atoms with Gasteiger partial charge in [-0.25, -0.2) is 18.2 Å². The third-order valence-electron chi connectivity index (χ3n) is 7.97. The van der Waals surface area contributed by atoms with Gasteiger partial charge < -0.3 is 24.7 Å². The number of ether oxygens (including phenoxy) is 1. The van der Waals surface area contributed by atoms with Crippen LogP contribution in [0.25, 0.3) is 0 Å². The van der Waals surface area contributed by atoms with Crippen LogP contribution in [-0.2, 0) is 16.2 Å². The largest absolute Gasteiger partial charge is 0.506 e. The number of benzene rings is 3. The molecule has 1 aromatic heterocycles. The maximum Gasteiger partial charge on any atom is 0.279 e. The first-order chi connectivity index (χ1) is 23.0. The Hall–Kier alpha value is -5.52. The maximum absolute atomic E-state index is 16.2. The van der Waals surface area contributed by atoms with Crippen molar-refractivity contribution >= 4 is 30.9 Å². The number of anilines is 2. The molecule has 2 N–H and O–H groups in total. The number of aromatic hydroxyl groups is 1. The number of rotatable bonds is 8. The van der Waals surface area contributed by atoms with Gasteiger partial charge in [-0.15, -0.1) is 0 Å². The number of allylic oxidation sites excluding steroid dienone is 1. The lowest BCUT2D eigenvalue weighted by molar-refractivity contribution is -0.0987. The Morgan fingerprint density at radius 2 is 1.73 bits per heavy atom. The molecule has 48 heavy (non-hydrogen) atoms. The summed E-state index contributed by atoms with van der Waals surface area (Å²) in [6, 6.07) is 11.6. The average Bonchev–Trinajstić information content (AvgIpc) is 3.21. The summed E-state index contributed by atoms with van der Waals surface area (Å²) in [7, 11) is 0. The van der Waals surface area contributed by atoms with E-state index in [-0.39, 0.29) is 34.8 Å². The molecule has 0 saturated carbocycles. The summed E-state index contributed by atoms with van der Waals surface area (Å²) in [6.07, 6.45) is 5.60. The first-order valence-electron chi connectivity index (χ1n) is 14.8. The van der Waals surface area contributed by atoms with Crippen molar-refractivity contribution in [3.8, 4) is 11.5 Å². The summed E-state index contributed by atoms with van der Waals surface area (Å²) in [5.74, 6) is -3.06. The number of carbonyl (C=O) groups excluding carboxylic acids is 3. The molecular weight excluding hydrogens is 625 g/mol. The number of nitrogens with zero attached hydrogens (tertiary/aromatic N) is 3. The van der Waals surface area contributed by atoms with Crippen LogP contribution in [0.4, 0.5) is 24.5 Å². The van der Waals surface area contributed by atoms with Crippen molar-refractivity contribution in [3.63, 3.8) is 0 Å². The summed E-state index contributed by atoms with van der Waals surface area (Å²) in [5.41, 5.74) is 2.54. The third kappa shape index (κ3) is 8.24. The second-order valence-corrected chi connectivity index (χ2v) is 11.5. The van der Waals surface area contributed by atoms with Gasteiger partial charge in [0.2, 0.25) is 0 Å². The predicted octanol–water partition coefficient (Wildman–Crippen LogP) is 7.72. The zero-order valence-corrected chi connectivity index (χ0v) is 27.1. The van der Waals surface area contributed by atoms with Gasteiger partial charge in [0, 0.05) is 29.7 Å². The Morgan fingerprint density at radius 3 is 2.35 bits per heavy atom. The molecule has 0 bridgehead atoms. The van der Waals surface area contributed by atoms with Crippen molar-refractivity contribution in [1.29, 1.82) is 0 Å². The highest BCUT2D eigenvalue weighted by Crippen LogP contribution is 2.48. The van der Waals surface area contributed by atoms with E-state index >= 15 is 4.39 Å². The molecule has 1 unspecified atom stereocenters. The zero-order valence-electron chi connectivity index (χ0n) is 27.1. The van der Waals surface area contributed by atoms with Crippen molar-refractivity contribution in [2.75, 3.05) is 10.2 Å². The van der Waals surface area contributed by atoms with Crippen LogP contribution in [0.15, 0.2) is 84.5 Å². The number of halogens is 3. The van der Waals surface area contributed by atoms with Crippen molar-refractivity contribution in [1.82, 2.24) is 9.97 Å². The van der Waals surface area contributed by atoms with Gasteiger partial charge in [0.05, 0.1) is 17.9 Å². The second kappa shape index (κ2) is 16.3. The predicted molar refractivity (Wildman–Crippen MR) is 176 cm³/mol. The number of fused-ring (bicyclic) bond motifs is 1. The standard InChI is InChI=1S/C34H33F3N4O3.2CH2O/c1-5-34(3,4)17-27-20(2)32(23-11-10-22(16-25(23)36)44-19-21-9-12-24(35)26(37)15-21)41(33(43)28-18-38-13-14-39-28)29-7-6-8-30(42)31(29)40-27;2*1-2/h6-16,18,32,40,42H,5,17,19H2,1-4H3;2*1H2. The highest BCUT2D eigenvalue weighted by Gasteiger charge is 2.38. The SMILES string of the molecule is C=O.C=O.CCC(C)(C)CC1=C(C)C(c2ccc(OCc3ccc(F)c(F)c3)cc2F)N(C(=O)c2cnccn2)c2cccc(O)c2N1. The number of phenols is 1. The smallest absolute Gasteiger partial charge is 0.279 e. The van der Waals surface area contributed by atoms with Crippen LogP contribution >= 0.6 is 0 Å². The highest BCUT2D eigenvalue weighted by molar-refractivity contribution is 6.08. The maximum atomic E-state index is 16.2. The molecule has 9 nitrogen and oxygen atoms in total. The number of phenolic OH excluding ortho intramolecular Hbond substituents is 1. The third-order valence-corrected chi connectivity index (χ3v) is 7.97. The first-order valence-corrected chi connectivity index (χ1v) is 14.8. The van der Waals surface area contributed by atoms with Crippen molar-refractivity contribution < 1.29 is 37.4 Å². The van der Waals surface area contributed by atoms with E-state index in [1.807, 2.05) is 20.5 Å². The fourth-order valence-corrected chi connectivity index (χ4v) is 5.14. The molecule has 0 spiro atoms. The van der Waals surface area contributed by atoms with E-state index in [2.05, 4.69) is 36.1 Å². The van der Waals surface area contributed by atoms with Crippen LogP contribution in [-0.4, -0.2) is 34.6 Å². The molecular formula is C36H37F3N4O5. The molecule has 1 aliphatic rings. The summed E-state index contributed by atoms with van der Waals surface area (Å²) in [5, 5.41) is 14.3. The van der Waals surface area contributed by atoms with Crippen LogP contribution in [0, 0.1) is 22.9 Å². The molecule has 4 aromatic rings. The van der Waals surface area contributed by atoms with Crippen molar-refractivity contribution in [2.45, 2.75) is 53.2 Å². The summed E-state index contributed by atoms with van der Waals surface area (Å²) in [6.45, 7) is 12.0. The van der Waals surface area contributed by atoms with Gasteiger partial charge in [-0.3, -0.25) is 14.7 Å². The molecule has 0 radical (unpaired) electrons. The van der Waals surface area contributed by atoms with E-state index < -0.39 is 29.4 Å². The quantitative estimate of drug-likeness (QED) is 0.184. The Kier molecular flexibility index (Phi) is 12.6. The van der Waals surface area contributed by atoms with Gasteiger partial charge in [-0.2, -0.15) is 0 Å². The number of nitrogens with one attached hydrogen (secondary N) is 1. The van der Waals surface area contributed by atoms with Gasteiger partial charge in [0.15, 0.2) is 11.6 Å². The minimum Gasteiger partial charge on any atom is -0.506 e. The first kappa shape index (κ1) is 36.9. The monoisotopic (exact) mass is 662 g/mol. The fourth-order valence-electron chi connectivity index (χ4n) is 5.14. The van der Waals surface area contributed by atoms with E-state index in [0.29, 0.717) is 28.9 Å². The number of hydrogen-bond acceptors (Lipinski definition) is 8. The Labute approximate surface area is 277 Å². The lowest BCUT2D eigenvalue weighted by Crippen LogP contribution is -2.36. The molecule has 252 valence electrons. The number of amides is 1. The minimum absolute atomic E-state index is 0.0452. The normalized spacial score (nSPS) is 13.9. The Bertz CT molecular complexity index is 1770. The minimum atomic E-state index is -1.00. The molecule has 0 saturated heterocycles. The van der Waals surface area contributed by atoms with Crippen LogP contribution < -0.4 is 15.0 Å². The van der Waals surface area contributed by atoms with Crippen molar-refractivity contribution in [2.24, 2.45) is 5.41 Å². The molecule has 12 heteroatoms. The Balaban J connectivity index is 0.00000151. The molecule has 3 aromatic carbocycles. The Morgan fingerprint density at radius 1 is 1.00 bits per heavy atom. The van der Waals surface area contributed by atoms with Crippen LogP contribution in [0.1, 0.15) is 68.2 Å². The van der Waals surface area contributed by atoms with E-state index in [4.69, 9.17) is 14.3 Å². The number of hydrogen-bond donors (Lipinski definition) is 2. The lowest BCUT2D eigenvalue weighted by Gasteiger charge is -2.33. The zero-order chi connectivity index (χ0) is 35.6. The van der Waals surface area contributed by atoms with E-state index in [0.717, 1.165) is 24.3 Å². The average molecular weight is 663 g/mol. The van der Waals surface area contributed by atoms with Gasteiger partial charge >= 0.3 is 0 Å². The highest BCUT2D eigenvalue weighted by atomic mass is 19.2.